The average Bonchev–Trinajstić information content (AvgIpc) is 3.24. The van der Waals surface area contributed by atoms with E-state index in [-0.39, 0.29) is 43.0 Å². The van der Waals surface area contributed by atoms with E-state index >= 15 is 0 Å². The lowest BCUT2D eigenvalue weighted by Gasteiger charge is -2.33. The topological polar surface area (TPSA) is 104 Å². The summed E-state index contributed by atoms with van der Waals surface area (Å²) >= 11 is 6.28. The maximum absolute atomic E-state index is 12.9. The number of halogens is 1. The molecular formula is C15H21ClN6O3S. The predicted octanol–water partition coefficient (Wildman–Crippen LogP) is 1.07. The van der Waals surface area contributed by atoms with Crippen molar-refractivity contribution in [3.8, 4) is 0 Å². The molecule has 1 fully saturated rings. The Hall–Kier alpha value is -1.91. The summed E-state index contributed by atoms with van der Waals surface area (Å²) in [6, 6.07) is 1.41. The smallest absolute Gasteiger partial charge is 0.260 e. The number of aromatic nitrogens is 4. The van der Waals surface area contributed by atoms with Gasteiger partial charge in [0.1, 0.15) is 5.15 Å². The fourth-order valence-corrected chi connectivity index (χ4v) is 4.48. The van der Waals surface area contributed by atoms with Gasteiger partial charge < -0.3 is 4.90 Å². The summed E-state index contributed by atoms with van der Waals surface area (Å²) in [5.74, 6) is -0.167. The molecule has 0 bridgehead atoms. The van der Waals surface area contributed by atoms with Gasteiger partial charge in [0.05, 0.1) is 17.5 Å². The Morgan fingerprint density at radius 1 is 1.27 bits per heavy atom. The summed E-state index contributed by atoms with van der Waals surface area (Å²) < 4.78 is 27.9. The van der Waals surface area contributed by atoms with E-state index in [0.717, 1.165) is 0 Å². The third-order valence-corrected chi connectivity index (χ3v) is 6.65. The van der Waals surface area contributed by atoms with Crippen LogP contribution in [0, 0.1) is 0 Å². The van der Waals surface area contributed by atoms with Gasteiger partial charge in [0.2, 0.25) is 0 Å². The first-order chi connectivity index (χ1) is 12.2. The zero-order valence-corrected chi connectivity index (χ0v) is 16.4. The molecule has 0 aromatic carbocycles. The van der Waals surface area contributed by atoms with Crippen molar-refractivity contribution < 1.29 is 13.2 Å². The van der Waals surface area contributed by atoms with Crippen LogP contribution in [0.1, 0.15) is 35.8 Å². The third kappa shape index (κ3) is 3.24. The van der Waals surface area contributed by atoms with Crippen molar-refractivity contribution in [3.05, 3.63) is 28.7 Å². The Morgan fingerprint density at radius 3 is 2.46 bits per heavy atom. The number of carbonyl (C=O) groups is 1. The van der Waals surface area contributed by atoms with E-state index in [0.29, 0.717) is 16.4 Å². The molecule has 11 heteroatoms. The highest BCUT2D eigenvalue weighted by atomic mass is 35.5. The number of rotatable bonds is 4. The number of hydrogen-bond donors (Lipinski definition) is 1. The summed E-state index contributed by atoms with van der Waals surface area (Å²) in [7, 11) is -1.93. The molecule has 1 N–H and O–H groups in total. The Bertz CT molecular complexity index is 898. The zero-order chi connectivity index (χ0) is 19.1. The van der Waals surface area contributed by atoms with Gasteiger partial charge in [-0.15, -0.1) is 0 Å². The van der Waals surface area contributed by atoms with Crippen molar-refractivity contribution in [2.45, 2.75) is 24.8 Å². The van der Waals surface area contributed by atoms with E-state index in [1.807, 2.05) is 13.8 Å². The molecule has 0 radical (unpaired) electrons. The fraction of sp³-hybridized carbons (Fsp3) is 0.533. The number of sulfonamides is 1. The third-order valence-electron chi connectivity index (χ3n) is 4.38. The number of hydrogen-bond acceptors (Lipinski definition) is 5. The van der Waals surface area contributed by atoms with E-state index in [9.17, 15) is 13.2 Å². The lowest BCUT2D eigenvalue weighted by atomic mass is 10.1. The molecule has 0 saturated carbocycles. The molecule has 26 heavy (non-hydrogen) atoms. The first kappa shape index (κ1) is 18.9. The Balaban J connectivity index is 1.76. The van der Waals surface area contributed by atoms with Gasteiger partial charge >= 0.3 is 0 Å². The van der Waals surface area contributed by atoms with Gasteiger partial charge in [-0.1, -0.05) is 25.4 Å². The minimum atomic E-state index is -3.62. The molecule has 3 heterocycles. The minimum Gasteiger partial charge on any atom is -0.336 e. The number of aromatic amines is 1. The highest BCUT2D eigenvalue weighted by Gasteiger charge is 2.33. The molecule has 0 unspecified atom stereocenters. The average molecular weight is 401 g/mol. The van der Waals surface area contributed by atoms with E-state index in [1.54, 1.807) is 11.9 Å². The monoisotopic (exact) mass is 400 g/mol. The molecule has 1 amide bonds. The number of nitrogens with one attached hydrogen (secondary N) is 1. The van der Waals surface area contributed by atoms with Gasteiger partial charge in [-0.3, -0.25) is 14.6 Å². The van der Waals surface area contributed by atoms with Crippen molar-refractivity contribution in [3.63, 3.8) is 0 Å². The second-order valence-corrected chi connectivity index (χ2v) is 8.71. The van der Waals surface area contributed by atoms with Crippen LogP contribution in [-0.2, 0) is 17.1 Å². The Labute approximate surface area is 157 Å². The largest absolute Gasteiger partial charge is 0.336 e. The van der Waals surface area contributed by atoms with Crippen LogP contribution in [0.2, 0.25) is 5.15 Å². The first-order valence-electron chi connectivity index (χ1n) is 8.24. The molecule has 2 aromatic heterocycles. The van der Waals surface area contributed by atoms with Crippen LogP contribution in [0.15, 0.2) is 17.3 Å². The van der Waals surface area contributed by atoms with Crippen LogP contribution in [0.3, 0.4) is 0 Å². The van der Waals surface area contributed by atoms with E-state index in [4.69, 9.17) is 11.6 Å². The van der Waals surface area contributed by atoms with Crippen molar-refractivity contribution in [1.82, 2.24) is 29.2 Å². The molecule has 0 spiro atoms. The van der Waals surface area contributed by atoms with Crippen molar-refractivity contribution >= 4 is 27.5 Å². The summed E-state index contributed by atoms with van der Waals surface area (Å²) in [6.07, 6.45) is 1.39. The number of aryl methyl sites for hydroxylation is 1. The van der Waals surface area contributed by atoms with Crippen molar-refractivity contribution in [1.29, 1.82) is 0 Å². The summed E-state index contributed by atoms with van der Waals surface area (Å²) in [5, 5.41) is 10.8. The van der Waals surface area contributed by atoms with Crippen molar-refractivity contribution in [2.75, 3.05) is 26.2 Å². The zero-order valence-electron chi connectivity index (χ0n) is 14.8. The molecule has 1 aliphatic heterocycles. The van der Waals surface area contributed by atoms with Gasteiger partial charge in [0, 0.05) is 33.2 Å². The fourth-order valence-electron chi connectivity index (χ4n) is 2.94. The van der Waals surface area contributed by atoms with Crippen LogP contribution in [-0.4, -0.2) is 69.7 Å². The van der Waals surface area contributed by atoms with Crippen LogP contribution < -0.4 is 0 Å². The van der Waals surface area contributed by atoms with Crippen LogP contribution in [0.5, 0.6) is 0 Å². The Kier molecular flexibility index (Phi) is 5.09. The highest BCUT2D eigenvalue weighted by molar-refractivity contribution is 7.89. The summed E-state index contributed by atoms with van der Waals surface area (Å²) in [5.41, 5.74) is 1.05. The molecule has 2 aromatic rings. The van der Waals surface area contributed by atoms with Crippen molar-refractivity contribution in [2.24, 2.45) is 7.05 Å². The molecule has 0 aliphatic carbocycles. The van der Waals surface area contributed by atoms with Crippen LogP contribution >= 0.6 is 11.6 Å². The van der Waals surface area contributed by atoms with E-state index < -0.39 is 10.0 Å². The molecule has 142 valence electrons. The maximum Gasteiger partial charge on any atom is 0.260 e. The molecule has 1 aliphatic rings. The number of carbonyl (C=O) groups excluding carboxylic acids is 1. The van der Waals surface area contributed by atoms with Gasteiger partial charge in [-0.2, -0.15) is 14.5 Å². The number of piperazine rings is 1. The van der Waals surface area contributed by atoms with E-state index in [2.05, 4.69) is 15.3 Å². The first-order valence-corrected chi connectivity index (χ1v) is 10.1. The highest BCUT2D eigenvalue weighted by Crippen LogP contribution is 2.27. The van der Waals surface area contributed by atoms with Gasteiger partial charge in [-0.05, 0) is 12.0 Å². The SMILES string of the molecule is CC(C)c1nn(C)c(Cl)c1C(=O)N1CCN(S(=O)(=O)c2ccn[nH]2)CC1. The quantitative estimate of drug-likeness (QED) is 0.826. The van der Waals surface area contributed by atoms with Gasteiger partial charge in [0.25, 0.3) is 15.9 Å². The number of amides is 1. The van der Waals surface area contributed by atoms with E-state index in [1.165, 1.54) is 21.3 Å². The lowest BCUT2D eigenvalue weighted by molar-refractivity contribution is 0.0696. The number of nitrogens with zero attached hydrogens (tertiary/aromatic N) is 5. The second-order valence-electron chi connectivity index (χ2n) is 6.45. The van der Waals surface area contributed by atoms with Crippen LogP contribution in [0.4, 0.5) is 0 Å². The molecule has 3 rings (SSSR count). The molecule has 0 atom stereocenters. The Morgan fingerprint density at radius 2 is 1.92 bits per heavy atom. The standard InChI is InChI=1S/C15H21ClN6O3S/c1-10(2)13-12(14(16)20(3)19-13)15(23)21-6-8-22(9-7-21)26(24,25)11-4-5-17-18-11/h4-5,10H,6-9H2,1-3H3,(H,17,18). The maximum atomic E-state index is 12.9. The number of H-pyrrole nitrogens is 1. The summed E-state index contributed by atoms with van der Waals surface area (Å²) in [4.78, 5) is 14.6. The van der Waals surface area contributed by atoms with Crippen LogP contribution in [0.25, 0.3) is 0 Å². The van der Waals surface area contributed by atoms with Gasteiger partial charge in [-0.25, -0.2) is 8.42 Å². The molecule has 9 nitrogen and oxygen atoms in total. The second kappa shape index (κ2) is 7.01. The molecular weight excluding hydrogens is 380 g/mol. The summed E-state index contributed by atoms with van der Waals surface area (Å²) in [6.45, 7) is 4.89. The minimum absolute atomic E-state index is 0.0506. The lowest BCUT2D eigenvalue weighted by Crippen LogP contribution is -2.50. The molecule has 1 saturated heterocycles. The predicted molar refractivity (Wildman–Crippen MR) is 95.6 cm³/mol. The van der Waals surface area contributed by atoms with Gasteiger partial charge in [0.15, 0.2) is 5.03 Å². The normalized spacial score (nSPS) is 16.4.